The van der Waals surface area contributed by atoms with Crippen molar-refractivity contribution in [1.82, 2.24) is 10.2 Å². The molecule has 0 saturated carbocycles. The van der Waals surface area contributed by atoms with Crippen LogP contribution < -0.4 is 5.32 Å². The van der Waals surface area contributed by atoms with Crippen LogP contribution in [0.15, 0.2) is 18.2 Å². The van der Waals surface area contributed by atoms with Gasteiger partial charge in [-0.25, -0.2) is 8.78 Å². The Hall–Kier alpha value is -1.51. The Morgan fingerprint density at radius 1 is 1.28 bits per heavy atom. The van der Waals surface area contributed by atoms with E-state index in [0.717, 1.165) is 25.2 Å². The zero-order valence-electron chi connectivity index (χ0n) is 10.2. The number of halogens is 2. The molecule has 0 bridgehead atoms. The highest BCUT2D eigenvalue weighted by Crippen LogP contribution is 2.28. The van der Waals surface area contributed by atoms with E-state index >= 15 is 0 Å². The first-order valence-electron chi connectivity index (χ1n) is 5.90. The third kappa shape index (κ3) is 2.22. The molecule has 18 heavy (non-hydrogen) atoms. The minimum absolute atomic E-state index is 0.491. The number of nitriles is 1. The van der Waals surface area contributed by atoms with Crippen molar-refractivity contribution in [3.63, 3.8) is 0 Å². The molecule has 1 aliphatic rings. The Labute approximate surface area is 105 Å². The van der Waals surface area contributed by atoms with Crippen LogP contribution in [-0.4, -0.2) is 31.1 Å². The average molecular weight is 251 g/mol. The number of benzene rings is 1. The molecule has 5 heteroatoms. The average Bonchev–Trinajstić information content (AvgIpc) is 2.42. The van der Waals surface area contributed by atoms with Crippen molar-refractivity contribution in [1.29, 1.82) is 5.26 Å². The Bertz CT molecular complexity index is 478. The summed E-state index contributed by atoms with van der Waals surface area (Å²) >= 11 is 0. The van der Waals surface area contributed by atoms with Gasteiger partial charge in [-0.3, -0.25) is 4.90 Å². The summed E-state index contributed by atoms with van der Waals surface area (Å²) in [6.07, 6.45) is 0. The van der Waals surface area contributed by atoms with Gasteiger partial charge in [-0.1, -0.05) is 6.07 Å². The van der Waals surface area contributed by atoms with Crippen molar-refractivity contribution in [3.05, 3.63) is 35.4 Å². The van der Waals surface area contributed by atoms with Gasteiger partial charge in [0, 0.05) is 26.2 Å². The number of nitrogens with one attached hydrogen (secondary N) is 1. The van der Waals surface area contributed by atoms with Crippen molar-refractivity contribution in [2.45, 2.75) is 12.5 Å². The highest BCUT2D eigenvalue weighted by molar-refractivity contribution is 5.31. The molecule has 2 rings (SSSR count). The lowest BCUT2D eigenvalue weighted by atomic mass is 9.91. The zero-order valence-corrected chi connectivity index (χ0v) is 10.2. The summed E-state index contributed by atoms with van der Waals surface area (Å²) in [5, 5.41) is 12.6. The molecule has 3 nitrogen and oxygen atoms in total. The molecule has 1 saturated heterocycles. The van der Waals surface area contributed by atoms with Crippen molar-refractivity contribution in [2.75, 3.05) is 26.2 Å². The van der Waals surface area contributed by atoms with Gasteiger partial charge in [0.05, 0.1) is 6.07 Å². The monoisotopic (exact) mass is 251 g/mol. The molecule has 0 aromatic heterocycles. The Balaban J connectivity index is 2.36. The highest BCUT2D eigenvalue weighted by Gasteiger charge is 2.35. The van der Waals surface area contributed by atoms with E-state index in [2.05, 4.69) is 11.4 Å². The van der Waals surface area contributed by atoms with Crippen LogP contribution in [0.2, 0.25) is 0 Å². The molecule has 1 aliphatic heterocycles. The van der Waals surface area contributed by atoms with Crippen LogP contribution >= 0.6 is 0 Å². The normalized spacial score (nSPS) is 20.1. The maximum Gasteiger partial charge on any atom is 0.159 e. The van der Waals surface area contributed by atoms with Crippen LogP contribution in [0.1, 0.15) is 12.5 Å². The van der Waals surface area contributed by atoms with Gasteiger partial charge in [0.1, 0.15) is 5.54 Å². The molecular formula is C13H15F2N3. The molecular weight excluding hydrogens is 236 g/mol. The van der Waals surface area contributed by atoms with Crippen molar-refractivity contribution in [2.24, 2.45) is 0 Å². The smallest absolute Gasteiger partial charge is 0.159 e. The SMILES string of the molecule is CC(C#N)(c1ccc(F)c(F)c1)N1CCNCC1. The molecule has 96 valence electrons. The quantitative estimate of drug-likeness (QED) is 0.868. The second-order valence-corrected chi connectivity index (χ2v) is 4.55. The predicted molar refractivity (Wildman–Crippen MR) is 63.8 cm³/mol. The van der Waals surface area contributed by atoms with Crippen LogP contribution in [0.4, 0.5) is 8.78 Å². The van der Waals surface area contributed by atoms with E-state index in [1.807, 2.05) is 4.90 Å². The second-order valence-electron chi connectivity index (χ2n) is 4.55. The van der Waals surface area contributed by atoms with Crippen molar-refractivity contribution < 1.29 is 8.78 Å². The second kappa shape index (κ2) is 5.01. The number of hydrogen-bond acceptors (Lipinski definition) is 3. The summed E-state index contributed by atoms with van der Waals surface area (Å²) in [4.78, 5) is 1.98. The molecule has 1 aromatic carbocycles. The third-order valence-corrected chi connectivity index (χ3v) is 3.45. The third-order valence-electron chi connectivity index (χ3n) is 3.45. The molecule has 1 heterocycles. The van der Waals surface area contributed by atoms with Gasteiger partial charge in [0.15, 0.2) is 11.6 Å². The van der Waals surface area contributed by atoms with Crippen LogP contribution in [-0.2, 0) is 5.54 Å². The Morgan fingerprint density at radius 2 is 1.94 bits per heavy atom. The van der Waals surface area contributed by atoms with E-state index in [9.17, 15) is 14.0 Å². The number of rotatable bonds is 2. The fourth-order valence-electron chi connectivity index (χ4n) is 2.23. The maximum absolute atomic E-state index is 13.3. The summed E-state index contributed by atoms with van der Waals surface area (Å²) in [5.41, 5.74) is -0.429. The van der Waals surface area contributed by atoms with Gasteiger partial charge in [0.25, 0.3) is 0 Å². The summed E-state index contributed by atoms with van der Waals surface area (Å²) < 4.78 is 26.2. The minimum Gasteiger partial charge on any atom is -0.314 e. The minimum atomic E-state index is -0.920. The van der Waals surface area contributed by atoms with Gasteiger partial charge >= 0.3 is 0 Å². The lowest BCUT2D eigenvalue weighted by Crippen LogP contribution is -2.52. The molecule has 0 spiro atoms. The first kappa shape index (κ1) is 12.9. The zero-order chi connectivity index (χ0) is 13.2. The van der Waals surface area contributed by atoms with Gasteiger partial charge < -0.3 is 5.32 Å². The van der Waals surface area contributed by atoms with Gasteiger partial charge in [-0.05, 0) is 24.6 Å². The predicted octanol–water partition coefficient (Wildman–Crippen LogP) is 1.61. The van der Waals surface area contributed by atoms with E-state index in [-0.39, 0.29) is 0 Å². The topological polar surface area (TPSA) is 39.1 Å². The molecule has 1 unspecified atom stereocenters. The molecule has 1 fully saturated rings. The summed E-state index contributed by atoms with van der Waals surface area (Å²) in [6.45, 7) is 4.75. The molecule has 1 aromatic rings. The standard InChI is InChI=1S/C13H15F2N3/c1-13(9-16,18-6-4-17-5-7-18)10-2-3-11(14)12(15)8-10/h2-3,8,17H,4-7H2,1H3. The van der Waals surface area contributed by atoms with E-state index in [1.165, 1.54) is 6.07 Å². The lowest BCUT2D eigenvalue weighted by Gasteiger charge is -2.39. The van der Waals surface area contributed by atoms with E-state index in [0.29, 0.717) is 18.7 Å². The maximum atomic E-state index is 13.3. The first-order chi connectivity index (χ1) is 8.58. The van der Waals surface area contributed by atoms with Gasteiger partial charge in [0.2, 0.25) is 0 Å². The fourth-order valence-corrected chi connectivity index (χ4v) is 2.23. The molecule has 0 radical (unpaired) electrons. The molecule has 1 atom stereocenters. The van der Waals surface area contributed by atoms with Crippen LogP contribution in [0.25, 0.3) is 0 Å². The Morgan fingerprint density at radius 3 is 2.50 bits per heavy atom. The first-order valence-corrected chi connectivity index (χ1v) is 5.90. The number of nitrogens with zero attached hydrogens (tertiary/aromatic N) is 2. The molecule has 0 amide bonds. The van der Waals surface area contributed by atoms with Crippen LogP contribution in [0, 0.1) is 23.0 Å². The van der Waals surface area contributed by atoms with Gasteiger partial charge in [-0.2, -0.15) is 5.26 Å². The summed E-state index contributed by atoms with van der Waals surface area (Å²) in [6, 6.07) is 5.88. The lowest BCUT2D eigenvalue weighted by molar-refractivity contribution is 0.132. The highest BCUT2D eigenvalue weighted by atomic mass is 19.2. The van der Waals surface area contributed by atoms with Crippen molar-refractivity contribution in [3.8, 4) is 6.07 Å². The van der Waals surface area contributed by atoms with E-state index < -0.39 is 17.2 Å². The number of hydrogen-bond donors (Lipinski definition) is 1. The van der Waals surface area contributed by atoms with Crippen LogP contribution in [0.5, 0.6) is 0 Å². The largest absolute Gasteiger partial charge is 0.314 e. The van der Waals surface area contributed by atoms with Gasteiger partial charge in [-0.15, -0.1) is 0 Å². The van der Waals surface area contributed by atoms with E-state index in [4.69, 9.17) is 0 Å². The molecule has 0 aliphatic carbocycles. The Kier molecular flexibility index (Phi) is 3.60. The fraction of sp³-hybridized carbons (Fsp3) is 0.462. The van der Waals surface area contributed by atoms with Crippen molar-refractivity contribution >= 4 is 0 Å². The molecule has 1 N–H and O–H groups in total. The summed E-state index contributed by atoms with van der Waals surface area (Å²) in [7, 11) is 0. The van der Waals surface area contributed by atoms with Crippen LogP contribution in [0.3, 0.4) is 0 Å². The number of piperazine rings is 1. The summed E-state index contributed by atoms with van der Waals surface area (Å²) in [5.74, 6) is -1.80. The van der Waals surface area contributed by atoms with E-state index in [1.54, 1.807) is 6.92 Å².